The van der Waals surface area contributed by atoms with Gasteiger partial charge in [0, 0.05) is 25.0 Å². The highest BCUT2D eigenvalue weighted by Crippen LogP contribution is 2.05. The van der Waals surface area contributed by atoms with E-state index in [4.69, 9.17) is 10.2 Å². The van der Waals surface area contributed by atoms with Gasteiger partial charge in [-0.2, -0.15) is 0 Å². The van der Waals surface area contributed by atoms with E-state index in [1.807, 2.05) is 0 Å². The van der Waals surface area contributed by atoms with Crippen LogP contribution >= 0.6 is 0 Å². The summed E-state index contributed by atoms with van der Waals surface area (Å²) in [4.78, 5) is 27.9. The molecule has 0 aliphatic rings. The van der Waals surface area contributed by atoms with Gasteiger partial charge in [-0.3, -0.25) is 9.59 Å². The van der Waals surface area contributed by atoms with E-state index in [0.717, 1.165) is 0 Å². The summed E-state index contributed by atoms with van der Waals surface area (Å²) >= 11 is 0. The van der Waals surface area contributed by atoms with Crippen molar-refractivity contribution < 1.29 is 30.0 Å². The van der Waals surface area contributed by atoms with Gasteiger partial charge >= 0.3 is 0 Å². The number of carbonyl (C=O) groups excluding carboxylic acids is 2. The molecule has 24 heavy (non-hydrogen) atoms. The summed E-state index contributed by atoms with van der Waals surface area (Å²) in [5.41, 5.74) is -0.201. The summed E-state index contributed by atoms with van der Waals surface area (Å²) < 4.78 is 0. The maximum absolute atomic E-state index is 12.0. The van der Waals surface area contributed by atoms with Crippen molar-refractivity contribution in [2.45, 2.75) is 26.3 Å². The van der Waals surface area contributed by atoms with Gasteiger partial charge in [-0.25, -0.2) is 4.98 Å². The number of nitrogens with zero attached hydrogens (tertiary/aromatic N) is 1. The van der Waals surface area contributed by atoms with Crippen molar-refractivity contribution in [1.29, 1.82) is 0 Å². The second-order valence-electron chi connectivity index (χ2n) is 5.56. The molecule has 9 heteroatoms. The third-order valence-electron chi connectivity index (χ3n) is 3.43. The lowest BCUT2D eigenvalue weighted by molar-refractivity contribution is 0.0434. The number of aliphatic hydroxyl groups excluding tert-OH is 4. The monoisotopic (exact) mass is 341 g/mol. The molecular formula is C15H23N3O6. The first-order valence-corrected chi connectivity index (χ1v) is 7.46. The van der Waals surface area contributed by atoms with E-state index in [1.54, 1.807) is 13.8 Å². The minimum absolute atomic E-state index is 0.100. The van der Waals surface area contributed by atoms with Crippen LogP contribution in [-0.2, 0) is 0 Å². The lowest BCUT2D eigenvalue weighted by atomic mass is 10.1. The van der Waals surface area contributed by atoms with Gasteiger partial charge < -0.3 is 31.1 Å². The van der Waals surface area contributed by atoms with Crippen molar-refractivity contribution in [1.82, 2.24) is 15.6 Å². The summed E-state index contributed by atoms with van der Waals surface area (Å²) in [6, 6.07) is 4.14. The fraction of sp³-hybridized carbons (Fsp3) is 0.533. The Kier molecular flexibility index (Phi) is 7.72. The van der Waals surface area contributed by atoms with Crippen LogP contribution in [0.25, 0.3) is 0 Å². The number of hydrogen-bond donors (Lipinski definition) is 6. The maximum Gasteiger partial charge on any atom is 0.271 e. The van der Waals surface area contributed by atoms with Crippen molar-refractivity contribution in [2.75, 3.05) is 13.2 Å². The summed E-state index contributed by atoms with van der Waals surface area (Å²) in [6.45, 7) is 2.48. The molecule has 134 valence electrons. The van der Waals surface area contributed by atoms with Crippen molar-refractivity contribution in [3.05, 3.63) is 29.6 Å². The maximum atomic E-state index is 12.0. The lowest BCUT2D eigenvalue weighted by Gasteiger charge is -2.18. The third kappa shape index (κ3) is 5.53. The topological polar surface area (TPSA) is 152 Å². The molecule has 1 aromatic heterocycles. The average Bonchev–Trinajstić information content (AvgIpc) is 2.59. The van der Waals surface area contributed by atoms with Gasteiger partial charge in [0.05, 0.1) is 0 Å². The van der Waals surface area contributed by atoms with E-state index < -0.39 is 36.1 Å². The normalized spacial score (nSPS) is 15.9. The molecule has 0 fully saturated rings. The minimum Gasteiger partial charge on any atom is -0.396 e. The number of hydrogen-bond acceptors (Lipinski definition) is 7. The second kappa shape index (κ2) is 9.28. The third-order valence-corrected chi connectivity index (χ3v) is 3.43. The molecule has 0 aliphatic carbocycles. The Morgan fingerprint density at radius 2 is 1.33 bits per heavy atom. The Morgan fingerprint density at radius 1 is 0.958 bits per heavy atom. The van der Waals surface area contributed by atoms with E-state index in [1.165, 1.54) is 18.2 Å². The van der Waals surface area contributed by atoms with Crippen LogP contribution in [0.5, 0.6) is 0 Å². The van der Waals surface area contributed by atoms with Crippen LogP contribution in [0.1, 0.15) is 34.8 Å². The van der Waals surface area contributed by atoms with Crippen molar-refractivity contribution in [3.8, 4) is 0 Å². The average molecular weight is 341 g/mol. The zero-order valence-corrected chi connectivity index (χ0v) is 13.5. The highest BCUT2D eigenvalue weighted by atomic mass is 16.3. The SMILES string of the molecule is CC(CO)C(O)NC(=O)c1cccc(C(=O)NC(O)C(C)CO)n1. The quantitative estimate of drug-likeness (QED) is 0.313. The van der Waals surface area contributed by atoms with E-state index in [9.17, 15) is 19.8 Å². The van der Waals surface area contributed by atoms with Crippen LogP contribution in [0.15, 0.2) is 18.2 Å². The summed E-state index contributed by atoms with van der Waals surface area (Å²) in [5.74, 6) is -2.53. The molecule has 0 saturated carbocycles. The smallest absolute Gasteiger partial charge is 0.271 e. The van der Waals surface area contributed by atoms with E-state index in [-0.39, 0.29) is 24.6 Å². The zero-order valence-electron chi connectivity index (χ0n) is 13.5. The number of aliphatic hydroxyl groups is 4. The highest BCUT2D eigenvalue weighted by molar-refractivity contribution is 5.96. The molecule has 4 atom stereocenters. The van der Waals surface area contributed by atoms with Crippen LogP contribution in [-0.4, -0.2) is 62.9 Å². The summed E-state index contributed by atoms with van der Waals surface area (Å²) in [5, 5.41) is 41.7. The Hall–Kier alpha value is -2.07. The van der Waals surface area contributed by atoms with Gasteiger partial charge in [-0.15, -0.1) is 0 Å². The molecule has 4 unspecified atom stereocenters. The molecule has 1 rings (SSSR count). The van der Waals surface area contributed by atoms with E-state index >= 15 is 0 Å². The van der Waals surface area contributed by atoms with Gasteiger partial charge in [0.15, 0.2) is 0 Å². The van der Waals surface area contributed by atoms with Gasteiger partial charge in [-0.05, 0) is 12.1 Å². The summed E-state index contributed by atoms with van der Waals surface area (Å²) in [7, 11) is 0. The molecule has 0 bridgehead atoms. The Balaban J connectivity index is 2.79. The zero-order chi connectivity index (χ0) is 18.3. The fourth-order valence-corrected chi connectivity index (χ4v) is 1.59. The molecule has 9 nitrogen and oxygen atoms in total. The second-order valence-corrected chi connectivity index (χ2v) is 5.56. The number of amides is 2. The minimum atomic E-state index is -1.26. The number of pyridine rings is 1. The molecule has 2 amide bonds. The molecule has 6 N–H and O–H groups in total. The first-order chi connectivity index (χ1) is 11.3. The standard InChI is InChI=1S/C15H23N3O6/c1-8(6-19)12(21)17-14(23)10-4-3-5-11(16-10)15(24)18-13(22)9(2)7-20/h3-5,8-9,12-13,19-22H,6-7H2,1-2H3,(H,17,23)(H,18,24). The predicted molar refractivity (Wildman–Crippen MR) is 83.7 cm³/mol. The lowest BCUT2D eigenvalue weighted by Crippen LogP contribution is -2.42. The van der Waals surface area contributed by atoms with Crippen LogP contribution in [0, 0.1) is 11.8 Å². The van der Waals surface area contributed by atoms with Crippen LogP contribution in [0.2, 0.25) is 0 Å². The number of nitrogens with one attached hydrogen (secondary N) is 2. The molecule has 1 heterocycles. The first-order valence-electron chi connectivity index (χ1n) is 7.46. The Labute approximate surface area is 139 Å². The number of carbonyl (C=O) groups is 2. The van der Waals surface area contributed by atoms with Crippen molar-refractivity contribution in [3.63, 3.8) is 0 Å². The van der Waals surface area contributed by atoms with Gasteiger partial charge in [0.2, 0.25) is 0 Å². The molecule has 0 aromatic carbocycles. The molecule has 1 aromatic rings. The van der Waals surface area contributed by atoms with Crippen LogP contribution < -0.4 is 10.6 Å². The molecule has 0 radical (unpaired) electrons. The van der Waals surface area contributed by atoms with E-state index in [0.29, 0.717) is 0 Å². The van der Waals surface area contributed by atoms with Crippen LogP contribution in [0.3, 0.4) is 0 Å². The molecule has 0 saturated heterocycles. The number of rotatable bonds is 8. The van der Waals surface area contributed by atoms with Crippen molar-refractivity contribution >= 4 is 11.8 Å². The van der Waals surface area contributed by atoms with Gasteiger partial charge in [0.25, 0.3) is 11.8 Å². The van der Waals surface area contributed by atoms with Gasteiger partial charge in [0.1, 0.15) is 23.8 Å². The largest absolute Gasteiger partial charge is 0.396 e. The van der Waals surface area contributed by atoms with Crippen LogP contribution in [0.4, 0.5) is 0 Å². The Bertz CT molecular complexity index is 523. The first kappa shape index (κ1) is 20.0. The van der Waals surface area contributed by atoms with Gasteiger partial charge in [-0.1, -0.05) is 19.9 Å². The number of aromatic nitrogens is 1. The van der Waals surface area contributed by atoms with Crippen molar-refractivity contribution in [2.24, 2.45) is 11.8 Å². The molecule has 0 spiro atoms. The Morgan fingerprint density at radius 3 is 1.67 bits per heavy atom. The fourth-order valence-electron chi connectivity index (χ4n) is 1.59. The molecular weight excluding hydrogens is 318 g/mol. The highest BCUT2D eigenvalue weighted by Gasteiger charge is 2.20. The van der Waals surface area contributed by atoms with E-state index in [2.05, 4.69) is 15.6 Å². The predicted octanol–water partition coefficient (Wildman–Crippen LogP) is -1.57. The summed E-state index contributed by atoms with van der Waals surface area (Å²) in [6.07, 6.45) is -2.51. The molecule has 0 aliphatic heterocycles.